The van der Waals surface area contributed by atoms with E-state index in [1.807, 2.05) is 12.4 Å². The van der Waals surface area contributed by atoms with Gasteiger partial charge in [0.05, 0.1) is 6.10 Å². The van der Waals surface area contributed by atoms with Crippen molar-refractivity contribution in [3.05, 3.63) is 88.2 Å². The minimum Gasteiger partial charge on any atom is -0.393 e. The summed E-state index contributed by atoms with van der Waals surface area (Å²) in [4.78, 5) is 4.39. The van der Waals surface area contributed by atoms with Crippen molar-refractivity contribution in [2.24, 2.45) is 5.41 Å². The third kappa shape index (κ3) is 5.44. The quantitative estimate of drug-likeness (QED) is 0.370. The summed E-state index contributed by atoms with van der Waals surface area (Å²) < 4.78 is 0. The minimum atomic E-state index is -0.290. The summed E-state index contributed by atoms with van der Waals surface area (Å²) in [5.74, 6) is 0. The second-order valence-electron chi connectivity index (χ2n) is 11.1. The van der Waals surface area contributed by atoms with Gasteiger partial charge >= 0.3 is 0 Å². The zero-order chi connectivity index (χ0) is 25.1. The highest BCUT2D eigenvalue weighted by Gasteiger charge is 2.31. The van der Waals surface area contributed by atoms with Crippen molar-refractivity contribution in [3.8, 4) is 11.1 Å². The van der Waals surface area contributed by atoms with E-state index in [4.69, 9.17) is 0 Å². The molecule has 3 rings (SSSR count). The zero-order valence-corrected chi connectivity index (χ0v) is 22.5. The molecule has 0 aliphatic carbocycles. The number of aryl methyl sites for hydroxylation is 4. The number of hydrogen-bond acceptors (Lipinski definition) is 2. The van der Waals surface area contributed by atoms with E-state index >= 15 is 0 Å². The molecule has 182 valence electrons. The first kappa shape index (κ1) is 26.2. The van der Waals surface area contributed by atoms with Crippen molar-refractivity contribution in [2.75, 3.05) is 0 Å². The van der Waals surface area contributed by atoms with Gasteiger partial charge in [0.1, 0.15) is 0 Å². The number of hydrogen-bond donors (Lipinski definition) is 1. The molecule has 0 bridgehead atoms. The van der Waals surface area contributed by atoms with Crippen molar-refractivity contribution in [2.45, 2.75) is 92.6 Å². The molecule has 1 atom stereocenters. The van der Waals surface area contributed by atoms with Gasteiger partial charge in [-0.05, 0) is 96.9 Å². The molecule has 0 amide bonds. The van der Waals surface area contributed by atoms with Gasteiger partial charge in [0, 0.05) is 23.4 Å². The third-order valence-electron chi connectivity index (χ3n) is 7.75. The first-order chi connectivity index (χ1) is 16.0. The van der Waals surface area contributed by atoms with Crippen LogP contribution in [-0.4, -0.2) is 16.2 Å². The Labute approximate surface area is 207 Å². The van der Waals surface area contributed by atoms with Crippen molar-refractivity contribution in [1.29, 1.82) is 0 Å². The lowest BCUT2D eigenvalue weighted by molar-refractivity contribution is 0.0560. The lowest BCUT2D eigenvalue weighted by Gasteiger charge is -2.34. The van der Waals surface area contributed by atoms with Crippen molar-refractivity contribution < 1.29 is 5.11 Å². The fraction of sp³-hybridized carbons (Fsp3) is 0.469. The van der Waals surface area contributed by atoms with Crippen molar-refractivity contribution in [1.82, 2.24) is 4.98 Å². The predicted octanol–water partition coefficient (Wildman–Crippen LogP) is 8.12. The van der Waals surface area contributed by atoms with Crippen LogP contribution in [0.2, 0.25) is 0 Å². The summed E-state index contributed by atoms with van der Waals surface area (Å²) in [5, 5.41) is 10.5. The average Bonchev–Trinajstić information content (AvgIpc) is 2.79. The standard InChI is InChI=1S/C32H43NO/c1-9-32(10-2,27-13-11-25(23(4)18-27)12-16-30(34)31(6,7)8)28-14-15-29(24(5)19-28)26-17-22(3)20-33-21-26/h11,13-15,17-21,30,34H,9-10,12,16H2,1-8H3. The molecule has 0 saturated carbocycles. The molecule has 2 nitrogen and oxygen atoms in total. The van der Waals surface area contributed by atoms with E-state index in [1.54, 1.807) is 0 Å². The van der Waals surface area contributed by atoms with Crippen LogP contribution in [0.3, 0.4) is 0 Å². The number of aliphatic hydroxyl groups excluding tert-OH is 1. The number of aromatic nitrogens is 1. The Balaban J connectivity index is 1.94. The monoisotopic (exact) mass is 457 g/mol. The lowest BCUT2D eigenvalue weighted by atomic mass is 9.69. The van der Waals surface area contributed by atoms with Crippen LogP contribution in [0, 0.1) is 26.2 Å². The molecule has 0 radical (unpaired) electrons. The van der Waals surface area contributed by atoms with E-state index in [1.165, 1.54) is 44.5 Å². The Morgan fingerprint density at radius 2 is 1.44 bits per heavy atom. The molecule has 0 saturated heterocycles. The molecular weight excluding hydrogens is 414 g/mol. The van der Waals surface area contributed by atoms with E-state index in [0.717, 1.165) is 25.7 Å². The largest absolute Gasteiger partial charge is 0.393 e. The van der Waals surface area contributed by atoms with Crippen LogP contribution >= 0.6 is 0 Å². The highest BCUT2D eigenvalue weighted by Crippen LogP contribution is 2.41. The van der Waals surface area contributed by atoms with Crippen molar-refractivity contribution >= 4 is 0 Å². The van der Waals surface area contributed by atoms with Crippen molar-refractivity contribution in [3.63, 3.8) is 0 Å². The van der Waals surface area contributed by atoms with Crippen LogP contribution in [0.4, 0.5) is 0 Å². The summed E-state index contributed by atoms with van der Waals surface area (Å²) in [5.41, 5.74) is 10.3. The maximum atomic E-state index is 10.5. The summed E-state index contributed by atoms with van der Waals surface area (Å²) in [6.07, 6.45) is 7.38. The van der Waals surface area contributed by atoms with Gasteiger partial charge in [-0.15, -0.1) is 0 Å². The number of nitrogens with zero attached hydrogens (tertiary/aromatic N) is 1. The van der Waals surface area contributed by atoms with E-state index in [9.17, 15) is 5.11 Å². The Kier molecular flexibility index (Phi) is 8.03. The Hall–Kier alpha value is -2.45. The van der Waals surface area contributed by atoms with Gasteiger partial charge in [-0.1, -0.05) is 71.0 Å². The number of pyridine rings is 1. The topological polar surface area (TPSA) is 33.1 Å². The van der Waals surface area contributed by atoms with Crippen LogP contribution in [0.1, 0.15) is 87.3 Å². The van der Waals surface area contributed by atoms with E-state index in [2.05, 4.69) is 103 Å². The predicted molar refractivity (Wildman–Crippen MR) is 145 cm³/mol. The molecule has 2 aromatic carbocycles. The molecule has 1 aromatic heterocycles. The number of benzene rings is 2. The fourth-order valence-electron chi connectivity index (χ4n) is 5.22. The molecule has 1 unspecified atom stereocenters. The summed E-state index contributed by atoms with van der Waals surface area (Å²) in [7, 11) is 0. The summed E-state index contributed by atoms with van der Waals surface area (Å²) in [6, 6.07) is 16.2. The van der Waals surface area contributed by atoms with Crippen LogP contribution in [0.5, 0.6) is 0 Å². The SMILES string of the molecule is CCC(CC)(c1ccc(CCC(O)C(C)(C)C)c(C)c1)c1ccc(-c2cncc(C)c2)c(C)c1. The normalized spacial score (nSPS) is 13.2. The fourth-order valence-corrected chi connectivity index (χ4v) is 5.22. The van der Waals surface area contributed by atoms with E-state index in [-0.39, 0.29) is 16.9 Å². The van der Waals surface area contributed by atoms with Crippen LogP contribution in [-0.2, 0) is 11.8 Å². The Bertz CT molecular complexity index is 1120. The maximum absolute atomic E-state index is 10.5. The van der Waals surface area contributed by atoms with E-state index in [0.29, 0.717) is 0 Å². The smallest absolute Gasteiger partial charge is 0.0591 e. The second-order valence-corrected chi connectivity index (χ2v) is 11.1. The molecule has 1 heterocycles. The number of aliphatic hydroxyl groups is 1. The van der Waals surface area contributed by atoms with Gasteiger partial charge < -0.3 is 5.11 Å². The number of rotatable bonds is 8. The molecule has 0 aliphatic rings. The van der Waals surface area contributed by atoms with Crippen LogP contribution < -0.4 is 0 Å². The summed E-state index contributed by atoms with van der Waals surface area (Å²) in [6.45, 7) is 17.5. The van der Waals surface area contributed by atoms with Gasteiger partial charge in [-0.25, -0.2) is 0 Å². The van der Waals surface area contributed by atoms with Crippen LogP contribution in [0.15, 0.2) is 54.9 Å². The second kappa shape index (κ2) is 10.4. The molecule has 0 fully saturated rings. The lowest BCUT2D eigenvalue weighted by Crippen LogP contribution is -2.27. The average molecular weight is 458 g/mol. The van der Waals surface area contributed by atoms with Gasteiger partial charge in [-0.3, -0.25) is 4.98 Å². The molecule has 3 aromatic rings. The zero-order valence-electron chi connectivity index (χ0n) is 22.5. The van der Waals surface area contributed by atoms with Gasteiger partial charge in [0.2, 0.25) is 0 Å². The van der Waals surface area contributed by atoms with E-state index < -0.39 is 0 Å². The van der Waals surface area contributed by atoms with Gasteiger partial charge in [0.15, 0.2) is 0 Å². The van der Waals surface area contributed by atoms with Crippen LogP contribution in [0.25, 0.3) is 11.1 Å². The maximum Gasteiger partial charge on any atom is 0.0591 e. The first-order valence-electron chi connectivity index (χ1n) is 12.8. The van der Waals surface area contributed by atoms with Gasteiger partial charge in [0.25, 0.3) is 0 Å². The molecule has 1 N–H and O–H groups in total. The molecule has 0 aliphatic heterocycles. The minimum absolute atomic E-state index is 0.0115. The molecule has 34 heavy (non-hydrogen) atoms. The molecular formula is C32H43NO. The molecule has 2 heteroatoms. The molecule has 0 spiro atoms. The Morgan fingerprint density at radius 3 is 1.97 bits per heavy atom. The third-order valence-corrected chi connectivity index (χ3v) is 7.75. The highest BCUT2D eigenvalue weighted by molar-refractivity contribution is 5.68. The Morgan fingerprint density at radius 1 is 0.824 bits per heavy atom. The first-order valence-corrected chi connectivity index (χ1v) is 12.8. The highest BCUT2D eigenvalue weighted by atomic mass is 16.3. The van der Waals surface area contributed by atoms with Gasteiger partial charge in [-0.2, -0.15) is 0 Å². The summed E-state index contributed by atoms with van der Waals surface area (Å²) >= 11 is 0.